The lowest BCUT2D eigenvalue weighted by Gasteiger charge is -2.19. The summed E-state index contributed by atoms with van der Waals surface area (Å²) in [5.74, 6) is -0.965. The molecule has 30 heavy (non-hydrogen) atoms. The van der Waals surface area contributed by atoms with Gasteiger partial charge >= 0.3 is 5.97 Å². The highest BCUT2D eigenvalue weighted by molar-refractivity contribution is 5.95. The van der Waals surface area contributed by atoms with Gasteiger partial charge in [-0.15, -0.1) is 5.10 Å². The van der Waals surface area contributed by atoms with Gasteiger partial charge in [-0.3, -0.25) is 14.4 Å². The summed E-state index contributed by atoms with van der Waals surface area (Å²) in [6.45, 7) is 3.02. The number of carbonyl (C=O) groups is 3. The maximum Gasteiger partial charge on any atom is 0.305 e. The monoisotopic (exact) mass is 412 g/mol. The molecule has 1 aliphatic rings. The molecule has 0 saturated heterocycles. The van der Waals surface area contributed by atoms with Crippen LogP contribution in [0.1, 0.15) is 28.0 Å². The Morgan fingerprint density at radius 2 is 2.03 bits per heavy atom. The predicted molar refractivity (Wildman–Crippen MR) is 110 cm³/mol. The summed E-state index contributed by atoms with van der Waals surface area (Å²) in [6.07, 6.45) is -0.316. The van der Waals surface area contributed by atoms with E-state index in [1.807, 2.05) is 19.1 Å². The van der Waals surface area contributed by atoms with E-state index in [2.05, 4.69) is 26.1 Å². The van der Waals surface area contributed by atoms with Gasteiger partial charge in [0.1, 0.15) is 11.9 Å². The van der Waals surface area contributed by atoms with Crippen LogP contribution in [-0.2, 0) is 16.1 Å². The van der Waals surface area contributed by atoms with Gasteiger partial charge in [0.2, 0.25) is 5.91 Å². The van der Waals surface area contributed by atoms with E-state index in [-0.39, 0.29) is 24.8 Å². The molecule has 10 nitrogen and oxygen atoms in total. The summed E-state index contributed by atoms with van der Waals surface area (Å²) in [4.78, 5) is 37.4. The third-order valence-electron chi connectivity index (χ3n) is 4.67. The second-order valence-corrected chi connectivity index (χ2v) is 7.10. The fraction of sp³-hybridized carbons (Fsp3) is 0.350. The van der Waals surface area contributed by atoms with Crippen molar-refractivity contribution >= 4 is 29.3 Å². The van der Waals surface area contributed by atoms with Gasteiger partial charge in [-0.2, -0.15) is 5.10 Å². The normalized spacial score (nSPS) is 15.6. The van der Waals surface area contributed by atoms with E-state index in [0.29, 0.717) is 30.2 Å². The number of hydrogen-bond donors (Lipinski definition) is 4. The Bertz CT molecular complexity index is 947. The lowest BCUT2D eigenvalue weighted by molar-refractivity contribution is -0.141. The van der Waals surface area contributed by atoms with E-state index in [1.165, 1.54) is 4.90 Å². The number of aliphatic carboxylic acids is 1. The topological polar surface area (TPSA) is 137 Å². The van der Waals surface area contributed by atoms with Crippen molar-refractivity contribution in [3.8, 4) is 0 Å². The van der Waals surface area contributed by atoms with Crippen molar-refractivity contribution < 1.29 is 19.5 Å². The smallest absolute Gasteiger partial charge is 0.305 e. The Hall–Kier alpha value is -3.69. The largest absolute Gasteiger partial charge is 0.481 e. The molecule has 1 unspecified atom stereocenters. The molecule has 2 aromatic rings. The molecule has 0 radical (unpaired) electrons. The maximum absolute atomic E-state index is 12.5. The maximum atomic E-state index is 12.5. The Morgan fingerprint density at radius 3 is 2.73 bits per heavy atom. The van der Waals surface area contributed by atoms with Crippen molar-refractivity contribution in [3.05, 3.63) is 47.2 Å². The van der Waals surface area contributed by atoms with Crippen molar-refractivity contribution in [1.82, 2.24) is 20.4 Å². The molecule has 0 aliphatic carbocycles. The van der Waals surface area contributed by atoms with E-state index in [4.69, 9.17) is 5.11 Å². The first kappa shape index (κ1) is 21.0. The zero-order valence-electron chi connectivity index (χ0n) is 16.8. The summed E-state index contributed by atoms with van der Waals surface area (Å²) < 4.78 is 0. The van der Waals surface area contributed by atoms with Gasteiger partial charge in [-0.1, -0.05) is 0 Å². The van der Waals surface area contributed by atoms with Gasteiger partial charge < -0.3 is 26.0 Å². The molecule has 1 aromatic carbocycles. The van der Waals surface area contributed by atoms with Gasteiger partial charge in [-0.05, 0) is 42.8 Å². The summed E-state index contributed by atoms with van der Waals surface area (Å²) in [7, 11) is 1.61. The average molecular weight is 412 g/mol. The summed E-state index contributed by atoms with van der Waals surface area (Å²) in [5, 5.41) is 25.9. The highest BCUT2D eigenvalue weighted by Gasteiger charge is 2.29. The van der Waals surface area contributed by atoms with Crippen LogP contribution < -0.4 is 16.0 Å². The molecule has 0 saturated carbocycles. The number of nitrogens with zero attached hydrogens (tertiary/aromatic N) is 3. The fourth-order valence-electron chi connectivity index (χ4n) is 3.13. The molecule has 0 fully saturated rings. The van der Waals surface area contributed by atoms with Gasteiger partial charge in [0.15, 0.2) is 0 Å². The Balaban J connectivity index is 1.60. The molecule has 4 N–H and O–H groups in total. The van der Waals surface area contributed by atoms with E-state index >= 15 is 0 Å². The van der Waals surface area contributed by atoms with E-state index in [9.17, 15) is 14.4 Å². The molecule has 1 aromatic heterocycles. The van der Waals surface area contributed by atoms with Crippen LogP contribution in [0, 0.1) is 6.92 Å². The van der Waals surface area contributed by atoms with Crippen LogP contribution in [0.5, 0.6) is 0 Å². The van der Waals surface area contributed by atoms with E-state index in [0.717, 1.165) is 11.3 Å². The van der Waals surface area contributed by atoms with Crippen LogP contribution in [0.3, 0.4) is 0 Å². The molecule has 1 atom stereocenters. The average Bonchev–Trinajstić information content (AvgIpc) is 2.82. The van der Waals surface area contributed by atoms with Gasteiger partial charge in [0.05, 0.1) is 12.1 Å². The predicted octanol–water partition coefficient (Wildman–Crippen LogP) is 0.854. The number of benzene rings is 1. The fourth-order valence-corrected chi connectivity index (χ4v) is 3.13. The third kappa shape index (κ3) is 5.22. The number of carbonyl (C=O) groups excluding carboxylic acids is 2. The molecule has 10 heteroatoms. The minimum atomic E-state index is -1.06. The number of likely N-dealkylation sites (N-methyl/N-ethyl adjacent to an activating group) is 1. The number of amides is 2. The first-order valence-corrected chi connectivity index (χ1v) is 9.52. The Morgan fingerprint density at radius 1 is 1.23 bits per heavy atom. The number of carboxylic acid groups (broad SMARTS) is 1. The van der Waals surface area contributed by atoms with Crippen molar-refractivity contribution in [2.24, 2.45) is 0 Å². The number of fused-ring (bicyclic) bond motifs is 1. The molecule has 0 bridgehead atoms. The lowest BCUT2D eigenvalue weighted by atomic mass is 10.1. The molecule has 1 aliphatic heterocycles. The molecule has 2 amide bonds. The molecular formula is C20H24N6O4. The summed E-state index contributed by atoms with van der Waals surface area (Å²) in [6, 6.07) is 7.88. The molecule has 0 spiro atoms. The zero-order chi connectivity index (χ0) is 21.7. The number of nitrogens with one attached hydrogen (secondary N) is 3. The van der Waals surface area contributed by atoms with Crippen molar-refractivity contribution in [2.75, 3.05) is 30.8 Å². The van der Waals surface area contributed by atoms with Crippen LogP contribution in [0.4, 0.5) is 11.5 Å². The van der Waals surface area contributed by atoms with Crippen molar-refractivity contribution in [1.29, 1.82) is 0 Å². The van der Waals surface area contributed by atoms with Crippen molar-refractivity contribution in [3.63, 3.8) is 0 Å². The standard InChI is InChI=1S/C20H24N6O4/c1-12-3-6-17(25-24-12)21-7-8-22-19(29)13-4-5-15-14(9-13)11-26(2)20(30)16(23-15)10-18(27)28/h3-6,9,16,23H,7-8,10-11H2,1-2H3,(H,21,25)(H,22,29)(H,27,28). The molecule has 3 rings (SSSR count). The number of anilines is 2. The quantitative estimate of drug-likeness (QED) is 0.492. The minimum absolute atomic E-state index is 0.241. The molecule has 158 valence electrons. The first-order chi connectivity index (χ1) is 14.3. The van der Waals surface area contributed by atoms with Gasteiger partial charge in [0, 0.05) is 37.9 Å². The van der Waals surface area contributed by atoms with Gasteiger partial charge in [0.25, 0.3) is 5.91 Å². The van der Waals surface area contributed by atoms with Crippen LogP contribution in [0.25, 0.3) is 0 Å². The summed E-state index contributed by atoms with van der Waals surface area (Å²) in [5.41, 5.74) is 2.69. The van der Waals surface area contributed by atoms with E-state index in [1.54, 1.807) is 25.2 Å². The summed E-state index contributed by atoms with van der Waals surface area (Å²) >= 11 is 0. The second kappa shape index (κ2) is 9.21. The Kier molecular flexibility index (Phi) is 6.45. The number of hydrogen-bond acceptors (Lipinski definition) is 7. The second-order valence-electron chi connectivity index (χ2n) is 7.10. The minimum Gasteiger partial charge on any atom is -0.481 e. The highest BCUT2D eigenvalue weighted by Crippen LogP contribution is 2.24. The van der Waals surface area contributed by atoms with E-state index < -0.39 is 12.0 Å². The number of aromatic nitrogens is 2. The van der Waals surface area contributed by atoms with Crippen LogP contribution >= 0.6 is 0 Å². The molecular weight excluding hydrogens is 388 g/mol. The van der Waals surface area contributed by atoms with Crippen LogP contribution in [0.15, 0.2) is 30.3 Å². The number of rotatable bonds is 7. The van der Waals surface area contributed by atoms with Gasteiger partial charge in [-0.25, -0.2) is 0 Å². The van der Waals surface area contributed by atoms with Crippen LogP contribution in [-0.4, -0.2) is 64.2 Å². The van der Waals surface area contributed by atoms with Crippen molar-refractivity contribution in [2.45, 2.75) is 25.9 Å². The zero-order valence-corrected chi connectivity index (χ0v) is 16.8. The first-order valence-electron chi connectivity index (χ1n) is 9.52. The molecule has 2 heterocycles. The SMILES string of the molecule is Cc1ccc(NCCNC(=O)c2ccc3c(c2)CN(C)C(=O)C(CC(=O)O)N3)nn1. The number of carboxylic acids is 1. The Labute approximate surface area is 173 Å². The highest BCUT2D eigenvalue weighted by atomic mass is 16.4. The number of aryl methyl sites for hydroxylation is 1. The third-order valence-corrected chi connectivity index (χ3v) is 4.67. The van der Waals surface area contributed by atoms with Crippen LogP contribution in [0.2, 0.25) is 0 Å². The lowest BCUT2D eigenvalue weighted by Crippen LogP contribution is -2.39.